The molecule has 48 heavy (non-hydrogen) atoms. The van der Waals surface area contributed by atoms with Crippen molar-refractivity contribution in [1.29, 1.82) is 0 Å². The molecule has 1 aliphatic heterocycles. The molecular weight excluding hydrogens is 626 g/mol. The van der Waals surface area contributed by atoms with Gasteiger partial charge in [0, 0.05) is 63.0 Å². The molecule has 0 spiro atoms. The quantitative estimate of drug-likeness (QED) is 0.113. The number of benzene rings is 3. The highest BCUT2D eigenvalue weighted by atomic mass is 19.4. The number of ether oxygens (including phenoxy) is 1. The van der Waals surface area contributed by atoms with Gasteiger partial charge < -0.3 is 20.3 Å². The van der Waals surface area contributed by atoms with Gasteiger partial charge in [-0.25, -0.2) is 9.18 Å². The summed E-state index contributed by atoms with van der Waals surface area (Å²) in [6.07, 6.45) is -5.87. The van der Waals surface area contributed by atoms with Crippen LogP contribution < -0.4 is 10.6 Å². The first-order valence-corrected chi connectivity index (χ1v) is 16.1. The highest BCUT2D eigenvalue weighted by molar-refractivity contribution is 5.94. The van der Waals surface area contributed by atoms with Crippen LogP contribution in [0.3, 0.4) is 0 Å². The van der Waals surface area contributed by atoms with E-state index in [9.17, 15) is 27.2 Å². The number of carbonyl (C=O) groups excluding carboxylic acids is 2. The van der Waals surface area contributed by atoms with E-state index in [1.807, 2.05) is 29.2 Å². The largest absolute Gasteiger partial charge is 0.491 e. The van der Waals surface area contributed by atoms with Gasteiger partial charge in [-0.2, -0.15) is 13.2 Å². The monoisotopic (exact) mass is 672 g/mol. The molecule has 1 saturated heterocycles. The molecule has 0 aromatic heterocycles. The Labute approximate surface area is 280 Å². The summed E-state index contributed by atoms with van der Waals surface area (Å²) in [4.78, 5) is 28.8. The van der Waals surface area contributed by atoms with Gasteiger partial charge in [0.15, 0.2) is 0 Å². The molecule has 0 radical (unpaired) electrons. The second-order valence-corrected chi connectivity index (χ2v) is 13.5. The van der Waals surface area contributed by atoms with Gasteiger partial charge in [-0.05, 0) is 66.6 Å². The number of nitrogens with zero attached hydrogens (tertiary/aromatic N) is 3. The van der Waals surface area contributed by atoms with Gasteiger partial charge >= 0.3 is 12.1 Å². The predicted octanol–water partition coefficient (Wildman–Crippen LogP) is 5.18. The number of nitrogens with one attached hydrogen (secondary N) is 2. The first-order valence-electron chi connectivity index (χ1n) is 16.1. The molecule has 1 unspecified atom stereocenters. The Kier molecular flexibility index (Phi) is 12.4. The highest BCUT2D eigenvalue weighted by Gasteiger charge is 2.44. The molecule has 260 valence electrons. The molecule has 1 amide bonds. The third kappa shape index (κ3) is 10.8. The van der Waals surface area contributed by atoms with Gasteiger partial charge in [0.25, 0.3) is 5.91 Å². The lowest BCUT2D eigenvalue weighted by atomic mass is 10.00. The second-order valence-electron chi connectivity index (χ2n) is 13.5. The van der Waals surface area contributed by atoms with Crippen LogP contribution in [0, 0.1) is 5.82 Å². The fourth-order valence-electron chi connectivity index (χ4n) is 5.77. The number of amides is 1. The first-order chi connectivity index (χ1) is 22.6. The van der Waals surface area contributed by atoms with Gasteiger partial charge in [-0.3, -0.25) is 14.2 Å². The molecule has 1 heterocycles. The summed E-state index contributed by atoms with van der Waals surface area (Å²) < 4.78 is 58.1. The van der Waals surface area contributed by atoms with Crippen LogP contribution in [0.15, 0.2) is 66.7 Å². The summed E-state index contributed by atoms with van der Waals surface area (Å²) in [5.74, 6) is -2.83. The molecule has 3 aromatic carbocycles. The van der Waals surface area contributed by atoms with E-state index in [0.29, 0.717) is 30.3 Å². The minimum atomic E-state index is -5.06. The lowest BCUT2D eigenvalue weighted by Crippen LogP contribution is -2.50. The van der Waals surface area contributed by atoms with Crippen molar-refractivity contribution in [3.05, 3.63) is 94.8 Å². The van der Waals surface area contributed by atoms with Crippen LogP contribution in [0.5, 0.6) is 0 Å². The summed E-state index contributed by atoms with van der Waals surface area (Å²) in [6.45, 7) is 6.80. The van der Waals surface area contributed by atoms with E-state index >= 15 is 0 Å². The van der Waals surface area contributed by atoms with Crippen molar-refractivity contribution in [3.63, 3.8) is 0 Å². The average molecular weight is 673 g/mol. The third-order valence-electron chi connectivity index (χ3n) is 8.32. The van der Waals surface area contributed by atoms with Crippen molar-refractivity contribution in [3.8, 4) is 11.1 Å². The zero-order chi connectivity index (χ0) is 35.1. The third-order valence-corrected chi connectivity index (χ3v) is 8.32. The predicted molar refractivity (Wildman–Crippen MR) is 177 cm³/mol. The van der Waals surface area contributed by atoms with Crippen molar-refractivity contribution in [2.75, 3.05) is 54.4 Å². The summed E-state index contributed by atoms with van der Waals surface area (Å²) in [7, 11) is 6.79. The Morgan fingerprint density at radius 2 is 1.77 bits per heavy atom. The number of rotatable bonds is 13. The van der Waals surface area contributed by atoms with Crippen molar-refractivity contribution in [2.24, 2.45) is 0 Å². The number of piperazine rings is 1. The number of quaternary nitrogens is 1. The lowest BCUT2D eigenvalue weighted by Gasteiger charge is -2.34. The van der Waals surface area contributed by atoms with Gasteiger partial charge in [0.2, 0.25) is 6.23 Å². The first kappa shape index (κ1) is 37.0. The van der Waals surface area contributed by atoms with Crippen molar-refractivity contribution >= 4 is 11.9 Å². The van der Waals surface area contributed by atoms with Gasteiger partial charge in [-0.15, -0.1) is 0 Å². The van der Waals surface area contributed by atoms with Crippen LogP contribution in [0.25, 0.3) is 11.1 Å². The summed E-state index contributed by atoms with van der Waals surface area (Å²) in [5.41, 5.74) is 4.41. The molecule has 2 N–H and O–H groups in total. The van der Waals surface area contributed by atoms with E-state index in [1.54, 1.807) is 58.5 Å². The number of halogens is 4. The van der Waals surface area contributed by atoms with Crippen LogP contribution in [-0.4, -0.2) is 99.0 Å². The standard InChI is InChI=1S/C36H45F4N5O3/c1-25-22-44(17-15-41-25)24-28-9-6-10-29(18-28)31-20-26(12-13-32(31)37)21-42-34(46)30-11-7-8-27(19-30)23-43(2)16-14-33(45(3,4)5)48-35(47)36(38,39)40/h6-13,18-20,25,33,41H,14-17,21-24H2,1-5H3/p+1/t25-,33?/m0/s1. The Balaban J connectivity index is 1.34. The number of alkyl halides is 3. The average Bonchev–Trinajstić information content (AvgIpc) is 3.01. The molecule has 4 rings (SSSR count). The van der Waals surface area contributed by atoms with Crippen molar-refractivity contribution < 1.29 is 36.4 Å². The van der Waals surface area contributed by atoms with Crippen LogP contribution in [0.2, 0.25) is 0 Å². The van der Waals surface area contributed by atoms with Crippen LogP contribution in [-0.2, 0) is 29.2 Å². The van der Waals surface area contributed by atoms with Crippen molar-refractivity contribution in [1.82, 2.24) is 20.4 Å². The minimum Gasteiger partial charge on any atom is -0.406 e. The Morgan fingerprint density at radius 1 is 1.04 bits per heavy atom. The zero-order valence-electron chi connectivity index (χ0n) is 28.2. The van der Waals surface area contributed by atoms with E-state index in [1.165, 1.54) is 6.07 Å². The topological polar surface area (TPSA) is 73.9 Å². The maximum Gasteiger partial charge on any atom is 0.491 e. The SMILES string of the molecule is C[C@H]1CN(Cc2cccc(-c3cc(CNC(=O)c4cccc(CN(C)CCC(OC(=O)C(F)(F)F)[N+](C)(C)C)c4)ccc3F)c2)CCN1. The maximum absolute atomic E-state index is 15.0. The van der Waals surface area contributed by atoms with Gasteiger partial charge in [0.1, 0.15) is 5.82 Å². The number of hydrogen-bond donors (Lipinski definition) is 2. The Morgan fingerprint density at radius 3 is 2.48 bits per heavy atom. The molecular formula is C36H46F4N5O3+. The molecule has 0 aliphatic carbocycles. The second kappa shape index (κ2) is 16.0. The number of carbonyl (C=O) groups is 2. The van der Waals surface area contributed by atoms with Crippen LogP contribution in [0.1, 0.15) is 40.4 Å². The van der Waals surface area contributed by atoms with E-state index in [4.69, 9.17) is 4.74 Å². The maximum atomic E-state index is 15.0. The summed E-state index contributed by atoms with van der Waals surface area (Å²) in [6, 6.07) is 20.3. The minimum absolute atomic E-state index is 0.0173. The molecule has 0 bridgehead atoms. The van der Waals surface area contributed by atoms with Gasteiger partial charge in [-0.1, -0.05) is 36.4 Å². The van der Waals surface area contributed by atoms with E-state index in [0.717, 1.165) is 48.4 Å². The zero-order valence-corrected chi connectivity index (χ0v) is 28.2. The van der Waals surface area contributed by atoms with E-state index in [2.05, 4.69) is 28.5 Å². The molecule has 1 aliphatic rings. The Hall–Kier alpha value is -3.84. The fraction of sp³-hybridized carbons (Fsp3) is 0.444. The van der Waals surface area contributed by atoms with Gasteiger partial charge in [0.05, 0.1) is 27.6 Å². The number of hydrogen-bond acceptors (Lipinski definition) is 6. The number of esters is 1. The normalized spacial score (nSPS) is 16.5. The Bertz CT molecular complexity index is 1560. The molecule has 1 fully saturated rings. The fourth-order valence-corrected chi connectivity index (χ4v) is 5.77. The smallest absolute Gasteiger partial charge is 0.406 e. The highest BCUT2D eigenvalue weighted by Crippen LogP contribution is 2.26. The molecule has 12 heteroatoms. The molecule has 3 aromatic rings. The van der Waals surface area contributed by atoms with E-state index < -0.39 is 18.4 Å². The van der Waals surface area contributed by atoms with Crippen molar-refractivity contribution in [2.45, 2.75) is 51.4 Å². The van der Waals surface area contributed by atoms with Crippen LogP contribution in [0.4, 0.5) is 17.6 Å². The van der Waals surface area contributed by atoms with E-state index in [-0.39, 0.29) is 29.2 Å². The molecule has 0 saturated carbocycles. The molecule has 8 nitrogen and oxygen atoms in total. The lowest BCUT2D eigenvalue weighted by molar-refractivity contribution is -0.917. The summed E-state index contributed by atoms with van der Waals surface area (Å²) >= 11 is 0. The summed E-state index contributed by atoms with van der Waals surface area (Å²) in [5, 5.41) is 6.37. The molecule has 2 atom stereocenters. The van der Waals surface area contributed by atoms with Crippen LogP contribution >= 0.6 is 0 Å².